The maximum absolute atomic E-state index is 12.8. The second-order valence-electron chi connectivity index (χ2n) is 17.9. The van der Waals surface area contributed by atoms with Crippen LogP contribution < -0.4 is 0 Å². The number of allylic oxidation sites excluding steroid dienone is 10. The summed E-state index contributed by atoms with van der Waals surface area (Å²) in [6, 6.07) is 0. The summed E-state index contributed by atoms with van der Waals surface area (Å²) in [6.07, 6.45) is 63.5. The van der Waals surface area contributed by atoms with Gasteiger partial charge in [0.15, 0.2) is 6.10 Å². The van der Waals surface area contributed by atoms with Gasteiger partial charge < -0.3 is 14.2 Å². The Kier molecular flexibility index (Phi) is 49.4. The molecular weight excluding hydrogens is 781 g/mol. The molecule has 0 spiro atoms. The van der Waals surface area contributed by atoms with Crippen molar-refractivity contribution in [2.75, 3.05) is 13.2 Å². The van der Waals surface area contributed by atoms with E-state index < -0.39 is 6.10 Å². The number of esters is 3. The van der Waals surface area contributed by atoms with Crippen LogP contribution in [-0.4, -0.2) is 37.2 Å². The highest BCUT2D eigenvalue weighted by Crippen LogP contribution is 2.16. The Balaban J connectivity index is 4.35. The van der Waals surface area contributed by atoms with Gasteiger partial charge in [-0.05, 0) is 64.2 Å². The molecule has 0 aliphatic heterocycles. The molecule has 0 aromatic rings. The van der Waals surface area contributed by atoms with Crippen molar-refractivity contribution < 1.29 is 28.6 Å². The van der Waals surface area contributed by atoms with E-state index in [1.54, 1.807) is 0 Å². The highest BCUT2D eigenvalue weighted by Gasteiger charge is 2.19. The molecule has 6 nitrogen and oxygen atoms in total. The summed E-state index contributed by atoms with van der Waals surface area (Å²) in [5.41, 5.74) is 0. The minimum absolute atomic E-state index is 0.0816. The van der Waals surface area contributed by atoms with Crippen molar-refractivity contribution in [3.63, 3.8) is 0 Å². The van der Waals surface area contributed by atoms with Crippen LogP contribution in [0.5, 0.6) is 0 Å². The third-order valence-corrected chi connectivity index (χ3v) is 11.6. The van der Waals surface area contributed by atoms with Gasteiger partial charge in [-0.15, -0.1) is 0 Å². The zero-order valence-electron chi connectivity index (χ0n) is 41.6. The Bertz CT molecular complexity index is 1150. The number of carbonyl (C=O) groups is 3. The fraction of sp³-hybridized carbons (Fsp3) is 0.772. The average Bonchev–Trinajstić information content (AvgIpc) is 3.28. The van der Waals surface area contributed by atoms with Gasteiger partial charge in [-0.25, -0.2) is 0 Å². The van der Waals surface area contributed by atoms with Crippen LogP contribution in [0.4, 0.5) is 0 Å². The fourth-order valence-corrected chi connectivity index (χ4v) is 7.55. The van der Waals surface area contributed by atoms with E-state index in [9.17, 15) is 14.4 Å². The lowest BCUT2D eigenvalue weighted by Gasteiger charge is -2.18. The van der Waals surface area contributed by atoms with Crippen LogP contribution in [-0.2, 0) is 28.6 Å². The van der Waals surface area contributed by atoms with Gasteiger partial charge in [-0.3, -0.25) is 14.4 Å². The van der Waals surface area contributed by atoms with Gasteiger partial charge in [0.1, 0.15) is 13.2 Å². The standard InChI is InChI=1S/C57H100O6/c1-4-7-10-13-16-19-22-25-26-27-28-29-30-33-35-38-41-44-47-50-56(59)62-53-54(63-57(60)51-48-45-42-39-36-32-24-21-18-15-12-9-6-3)52-61-55(58)49-46-43-40-37-34-31-23-20-17-14-11-8-5-2/h9,12,15-16,18-19,21-22,24-25,54H,4-8,10-11,13-14,17,20,23,26-53H2,1-3H3/b12-9-,18-15-,19-16-,24-21-,25-22-. The number of hydrogen-bond acceptors (Lipinski definition) is 6. The molecule has 0 radical (unpaired) electrons. The predicted molar refractivity (Wildman–Crippen MR) is 270 cm³/mol. The summed E-state index contributed by atoms with van der Waals surface area (Å²) in [5.74, 6) is -0.899. The topological polar surface area (TPSA) is 78.9 Å². The van der Waals surface area contributed by atoms with Crippen LogP contribution >= 0.6 is 0 Å². The minimum Gasteiger partial charge on any atom is -0.462 e. The van der Waals surface area contributed by atoms with Crippen LogP contribution in [0.15, 0.2) is 60.8 Å². The molecule has 0 aliphatic carbocycles. The Hall–Kier alpha value is -2.89. The molecule has 0 fully saturated rings. The van der Waals surface area contributed by atoms with Crippen molar-refractivity contribution in [3.05, 3.63) is 60.8 Å². The maximum Gasteiger partial charge on any atom is 0.306 e. The molecule has 1 atom stereocenters. The molecule has 0 aromatic heterocycles. The summed E-state index contributed by atoms with van der Waals surface area (Å²) in [6.45, 7) is 6.47. The lowest BCUT2D eigenvalue weighted by atomic mass is 10.0. The number of unbranched alkanes of at least 4 members (excludes halogenated alkanes) is 30. The fourth-order valence-electron chi connectivity index (χ4n) is 7.55. The lowest BCUT2D eigenvalue weighted by Crippen LogP contribution is -2.30. The van der Waals surface area contributed by atoms with Crippen LogP contribution in [0, 0.1) is 0 Å². The molecule has 364 valence electrons. The molecule has 1 unspecified atom stereocenters. The molecule has 0 saturated heterocycles. The zero-order valence-corrected chi connectivity index (χ0v) is 41.6. The summed E-state index contributed by atoms with van der Waals surface area (Å²) >= 11 is 0. The van der Waals surface area contributed by atoms with Crippen molar-refractivity contribution in [2.24, 2.45) is 0 Å². The van der Waals surface area contributed by atoms with Crippen molar-refractivity contribution in [3.8, 4) is 0 Å². The molecule has 0 rings (SSSR count). The van der Waals surface area contributed by atoms with E-state index in [-0.39, 0.29) is 31.1 Å². The Morgan fingerprint density at radius 3 is 1.00 bits per heavy atom. The highest BCUT2D eigenvalue weighted by atomic mass is 16.6. The third-order valence-electron chi connectivity index (χ3n) is 11.6. The smallest absolute Gasteiger partial charge is 0.306 e. The molecule has 0 N–H and O–H groups in total. The summed E-state index contributed by atoms with van der Waals surface area (Å²) in [7, 11) is 0. The SMILES string of the molecule is CC\C=C/C=C\C=C/CCCCCCCC(=O)OC(COC(=O)CCCCCCCCCCCC/C=C\C=C/CCCCC)COC(=O)CCCCCCCCCCCCCCC. The van der Waals surface area contributed by atoms with Crippen LogP contribution in [0.3, 0.4) is 0 Å². The highest BCUT2D eigenvalue weighted by molar-refractivity contribution is 5.71. The van der Waals surface area contributed by atoms with Gasteiger partial charge in [-0.1, -0.05) is 242 Å². The molecule has 0 saturated carbocycles. The van der Waals surface area contributed by atoms with E-state index in [0.29, 0.717) is 19.3 Å². The van der Waals surface area contributed by atoms with Crippen LogP contribution in [0.1, 0.15) is 265 Å². The molecule has 6 heteroatoms. The monoisotopic (exact) mass is 881 g/mol. The van der Waals surface area contributed by atoms with E-state index >= 15 is 0 Å². The molecule has 0 aromatic carbocycles. The first-order valence-electron chi connectivity index (χ1n) is 26.8. The van der Waals surface area contributed by atoms with Crippen LogP contribution in [0.2, 0.25) is 0 Å². The largest absolute Gasteiger partial charge is 0.462 e. The van der Waals surface area contributed by atoms with Gasteiger partial charge in [0.2, 0.25) is 0 Å². The van der Waals surface area contributed by atoms with Crippen molar-refractivity contribution >= 4 is 17.9 Å². The van der Waals surface area contributed by atoms with Gasteiger partial charge >= 0.3 is 17.9 Å². The van der Waals surface area contributed by atoms with Gasteiger partial charge in [0, 0.05) is 19.3 Å². The molecule has 0 bridgehead atoms. The summed E-state index contributed by atoms with van der Waals surface area (Å²) in [4.78, 5) is 38.0. The molecule has 0 heterocycles. The van der Waals surface area contributed by atoms with E-state index in [2.05, 4.69) is 81.5 Å². The van der Waals surface area contributed by atoms with Gasteiger partial charge in [0.25, 0.3) is 0 Å². The zero-order chi connectivity index (χ0) is 45.8. The molecule has 63 heavy (non-hydrogen) atoms. The second kappa shape index (κ2) is 51.7. The Morgan fingerprint density at radius 1 is 0.333 bits per heavy atom. The van der Waals surface area contributed by atoms with E-state index in [1.165, 1.54) is 141 Å². The molecule has 0 aliphatic rings. The van der Waals surface area contributed by atoms with E-state index in [4.69, 9.17) is 14.2 Å². The van der Waals surface area contributed by atoms with Crippen LogP contribution in [0.25, 0.3) is 0 Å². The quantitative estimate of drug-likeness (QED) is 0.0262. The molecular formula is C57H100O6. The van der Waals surface area contributed by atoms with Crippen molar-refractivity contribution in [2.45, 2.75) is 271 Å². The summed E-state index contributed by atoms with van der Waals surface area (Å²) in [5, 5.41) is 0. The van der Waals surface area contributed by atoms with Gasteiger partial charge in [0.05, 0.1) is 0 Å². The van der Waals surface area contributed by atoms with E-state index in [0.717, 1.165) is 83.5 Å². The predicted octanol–water partition coefficient (Wildman–Crippen LogP) is 17.6. The molecule has 0 amide bonds. The number of hydrogen-bond donors (Lipinski definition) is 0. The second-order valence-corrected chi connectivity index (χ2v) is 17.9. The van der Waals surface area contributed by atoms with Gasteiger partial charge in [-0.2, -0.15) is 0 Å². The number of carbonyl (C=O) groups excluding carboxylic acids is 3. The summed E-state index contributed by atoms with van der Waals surface area (Å²) < 4.78 is 16.8. The average molecular weight is 881 g/mol. The first-order valence-corrected chi connectivity index (χ1v) is 26.8. The Labute approximate surface area is 390 Å². The third kappa shape index (κ3) is 50.0. The van der Waals surface area contributed by atoms with Crippen molar-refractivity contribution in [1.82, 2.24) is 0 Å². The first-order chi connectivity index (χ1) is 31.0. The number of rotatable bonds is 48. The normalized spacial score (nSPS) is 12.5. The minimum atomic E-state index is -0.783. The Morgan fingerprint density at radius 2 is 0.619 bits per heavy atom. The van der Waals surface area contributed by atoms with E-state index in [1.807, 2.05) is 0 Å². The first kappa shape index (κ1) is 60.1. The lowest BCUT2D eigenvalue weighted by molar-refractivity contribution is -0.167. The van der Waals surface area contributed by atoms with Crippen molar-refractivity contribution in [1.29, 1.82) is 0 Å². The number of ether oxygens (including phenoxy) is 3. The maximum atomic E-state index is 12.8.